The van der Waals surface area contributed by atoms with Crippen molar-refractivity contribution < 1.29 is 9.47 Å². The van der Waals surface area contributed by atoms with Gasteiger partial charge in [-0.3, -0.25) is 0 Å². The molecule has 3 heterocycles. The average Bonchev–Trinajstić information content (AvgIpc) is 3.65. The number of hydrogen-bond donors (Lipinski definition) is 5. The van der Waals surface area contributed by atoms with Gasteiger partial charge in [0.25, 0.3) is 0 Å². The van der Waals surface area contributed by atoms with E-state index in [1.54, 1.807) is 14.2 Å². The Balaban J connectivity index is 0.000000238. The number of nitrogen functional groups attached to an aromatic ring is 2. The second kappa shape index (κ2) is 20.1. The van der Waals surface area contributed by atoms with Crippen LogP contribution in [0.2, 0.25) is 0 Å². The number of aryl methyl sites for hydroxylation is 2. The number of nitrogens with zero attached hydrogens (tertiary/aromatic N) is 8. The van der Waals surface area contributed by atoms with E-state index in [9.17, 15) is 0 Å². The first-order valence-electron chi connectivity index (χ1n) is 17.8. The number of nitrogens with two attached hydrogens (primary N) is 2. The van der Waals surface area contributed by atoms with E-state index >= 15 is 0 Å². The van der Waals surface area contributed by atoms with Crippen molar-refractivity contribution in [2.24, 2.45) is 0 Å². The first-order chi connectivity index (χ1) is 25.7. The van der Waals surface area contributed by atoms with Gasteiger partial charge in [-0.2, -0.15) is 15.2 Å². The highest BCUT2D eigenvalue weighted by molar-refractivity contribution is 5.54. The molecule has 0 aliphatic carbocycles. The molecule has 5 aromatic rings. The number of benzene rings is 2. The maximum absolute atomic E-state index is 7.07. The predicted octanol–water partition coefficient (Wildman–Crippen LogP) is 5.88. The summed E-state index contributed by atoms with van der Waals surface area (Å²) in [7, 11) is 3.32. The zero-order valence-corrected chi connectivity index (χ0v) is 31.6. The summed E-state index contributed by atoms with van der Waals surface area (Å²) < 4.78 is 11.1. The zero-order valence-electron chi connectivity index (χ0n) is 31.6. The third kappa shape index (κ3) is 11.5. The van der Waals surface area contributed by atoms with Crippen LogP contribution < -0.4 is 31.6 Å². The Kier molecular flexibility index (Phi) is 15.1. The molecule has 0 saturated carbocycles. The summed E-state index contributed by atoms with van der Waals surface area (Å²) in [6.07, 6.45) is 6.17. The van der Waals surface area contributed by atoms with E-state index in [2.05, 4.69) is 76.0 Å². The molecular formula is C38H51N13O2. The van der Waals surface area contributed by atoms with Crippen molar-refractivity contribution in [1.29, 1.82) is 0 Å². The number of anilines is 4. The highest BCUT2D eigenvalue weighted by atomic mass is 16.5. The van der Waals surface area contributed by atoms with Crippen LogP contribution in [-0.2, 0) is 25.8 Å². The van der Waals surface area contributed by atoms with Gasteiger partial charge >= 0.3 is 0 Å². The number of H-pyrrole nitrogens is 1. The van der Waals surface area contributed by atoms with Gasteiger partial charge in [-0.15, -0.1) is 10.2 Å². The molecule has 0 saturated heterocycles. The van der Waals surface area contributed by atoms with Crippen molar-refractivity contribution in [2.75, 3.05) is 49.4 Å². The molecule has 0 atom stereocenters. The molecule has 0 spiro atoms. The van der Waals surface area contributed by atoms with Crippen molar-refractivity contribution in [1.82, 2.24) is 40.6 Å². The number of ether oxygens (including phenoxy) is 2. The molecular weight excluding hydrogens is 671 g/mol. The molecule has 0 unspecified atom stereocenters. The minimum atomic E-state index is 0.272. The van der Waals surface area contributed by atoms with E-state index < -0.39 is 0 Å². The predicted molar refractivity (Wildman–Crippen MR) is 208 cm³/mol. The molecule has 15 heteroatoms. The summed E-state index contributed by atoms with van der Waals surface area (Å²) in [6, 6.07) is 11.9. The van der Waals surface area contributed by atoms with Crippen LogP contribution in [0.1, 0.15) is 90.1 Å². The van der Waals surface area contributed by atoms with Crippen LogP contribution in [0.25, 0.3) is 4.85 Å². The molecule has 5 rings (SSSR count). The Morgan fingerprint density at radius 1 is 0.736 bits per heavy atom. The fourth-order valence-electron chi connectivity index (χ4n) is 5.78. The van der Waals surface area contributed by atoms with Gasteiger partial charge in [0.05, 0.1) is 14.2 Å². The number of hydrogen-bond acceptors (Lipinski definition) is 13. The van der Waals surface area contributed by atoms with Gasteiger partial charge in [0, 0.05) is 60.4 Å². The number of methoxy groups -OCH3 is 2. The fourth-order valence-corrected chi connectivity index (χ4v) is 5.78. The summed E-state index contributed by atoms with van der Waals surface area (Å²) >= 11 is 0. The van der Waals surface area contributed by atoms with Gasteiger partial charge in [-0.05, 0) is 67.6 Å². The molecule has 0 aliphatic rings. The monoisotopic (exact) mass is 721 g/mol. The molecule has 280 valence electrons. The molecule has 0 aliphatic heterocycles. The summed E-state index contributed by atoms with van der Waals surface area (Å²) in [5.41, 5.74) is 19.5. The molecule has 7 N–H and O–H groups in total. The number of rotatable bonds is 17. The molecule has 53 heavy (non-hydrogen) atoms. The molecule has 0 amide bonds. The molecule has 3 aromatic heterocycles. The second-order valence-corrected chi connectivity index (χ2v) is 12.5. The van der Waals surface area contributed by atoms with Gasteiger partial charge < -0.3 is 36.4 Å². The minimum Gasteiger partial charge on any atom is -0.496 e. The summed E-state index contributed by atoms with van der Waals surface area (Å²) in [5.74, 6) is 4.36. The second-order valence-electron chi connectivity index (χ2n) is 12.5. The third-order valence-corrected chi connectivity index (χ3v) is 8.55. The van der Waals surface area contributed by atoms with Crippen molar-refractivity contribution >= 4 is 23.5 Å². The number of tetrazole rings is 1. The van der Waals surface area contributed by atoms with Crippen LogP contribution in [0, 0.1) is 20.4 Å². The minimum absolute atomic E-state index is 0.272. The van der Waals surface area contributed by atoms with E-state index in [0.29, 0.717) is 31.6 Å². The van der Waals surface area contributed by atoms with Crippen molar-refractivity contribution in [3.8, 4) is 11.5 Å². The Morgan fingerprint density at radius 3 is 1.70 bits per heavy atom. The van der Waals surface area contributed by atoms with E-state index in [-0.39, 0.29) is 11.9 Å². The van der Waals surface area contributed by atoms with Gasteiger partial charge in [-0.25, -0.2) is 16.5 Å². The Bertz CT molecular complexity index is 1960. The topological polar surface area (TPSA) is 205 Å². The summed E-state index contributed by atoms with van der Waals surface area (Å²) in [6.45, 7) is 17.3. The van der Waals surface area contributed by atoms with Crippen LogP contribution >= 0.6 is 0 Å². The van der Waals surface area contributed by atoms with Crippen LogP contribution in [0.5, 0.6) is 11.5 Å². The number of unbranched alkanes of at least 4 members (excludes halogenated alkanes) is 2. The lowest BCUT2D eigenvalue weighted by atomic mass is 9.99. The molecule has 0 bridgehead atoms. The van der Waals surface area contributed by atoms with Crippen molar-refractivity contribution in [3.63, 3.8) is 0 Å². The Labute approximate surface area is 311 Å². The van der Waals surface area contributed by atoms with E-state index in [1.807, 2.05) is 44.2 Å². The SMILES string of the molecule is CCCCNc1nc(N)nc(C)c1Cc1cc(Cc2nn[nH]n2)ccc1OC.[C-]#[N+]Cc1ccc(OC)c(Cc2c(C)nc(N)nc2NCCCC)c1. The van der Waals surface area contributed by atoms with E-state index in [4.69, 9.17) is 27.5 Å². The Hall–Kier alpha value is -6.04. The van der Waals surface area contributed by atoms with Gasteiger partial charge in [0.1, 0.15) is 23.1 Å². The summed E-state index contributed by atoms with van der Waals surface area (Å²) in [5, 5.41) is 20.9. The van der Waals surface area contributed by atoms with Crippen LogP contribution in [0.15, 0.2) is 36.4 Å². The quantitative estimate of drug-likeness (QED) is 0.0563. The maximum atomic E-state index is 7.07. The van der Waals surface area contributed by atoms with Gasteiger partial charge in [-0.1, -0.05) is 44.0 Å². The fraction of sp³-hybridized carbons (Fsp3) is 0.421. The van der Waals surface area contributed by atoms with E-state index in [0.717, 1.165) is 107 Å². The Morgan fingerprint density at radius 2 is 1.25 bits per heavy atom. The van der Waals surface area contributed by atoms with Crippen LogP contribution in [-0.4, -0.2) is 67.9 Å². The molecule has 2 aromatic carbocycles. The molecule has 15 nitrogen and oxygen atoms in total. The van der Waals surface area contributed by atoms with Crippen LogP contribution in [0.3, 0.4) is 0 Å². The molecule has 0 fully saturated rings. The van der Waals surface area contributed by atoms with Crippen LogP contribution in [0.4, 0.5) is 23.5 Å². The first kappa shape index (κ1) is 39.7. The largest absolute Gasteiger partial charge is 0.496 e. The lowest BCUT2D eigenvalue weighted by molar-refractivity contribution is 0.410. The number of aromatic nitrogens is 8. The standard InChI is InChI=1S/C19H26N8O.C19H25N5O/c1-4-5-8-21-18-15(12(2)22-19(20)23-18)11-14-9-13(6-7-16(14)28-3)10-17-24-26-27-25-17;1-5-6-9-22-18-16(13(2)23-19(20)24-18)11-15-10-14(12-21-3)7-8-17(15)25-4/h6-7,9H,4-5,8,10-11H2,1-3H3,(H3,20,21,22,23)(H,24,25,26,27);7-8,10H,5-6,9,11-12H2,1-2,4H3,(H3,20,22,23,24). The average molecular weight is 722 g/mol. The van der Waals surface area contributed by atoms with Crippen molar-refractivity contribution in [2.45, 2.75) is 79.2 Å². The maximum Gasteiger partial charge on any atom is 0.239 e. The third-order valence-electron chi connectivity index (χ3n) is 8.55. The highest BCUT2D eigenvalue weighted by Crippen LogP contribution is 2.29. The molecule has 0 radical (unpaired) electrons. The van der Waals surface area contributed by atoms with Gasteiger partial charge in [0.2, 0.25) is 18.4 Å². The highest BCUT2D eigenvalue weighted by Gasteiger charge is 2.17. The zero-order chi connectivity index (χ0) is 38.2. The summed E-state index contributed by atoms with van der Waals surface area (Å²) in [4.78, 5) is 20.9. The number of nitrogens with one attached hydrogen (secondary N) is 3. The van der Waals surface area contributed by atoms with E-state index in [1.165, 1.54) is 0 Å². The first-order valence-corrected chi connectivity index (χ1v) is 17.8. The normalized spacial score (nSPS) is 10.6. The lowest BCUT2D eigenvalue weighted by Crippen LogP contribution is -2.12. The lowest BCUT2D eigenvalue weighted by Gasteiger charge is -2.16. The van der Waals surface area contributed by atoms with Gasteiger partial charge in [0.15, 0.2) is 5.82 Å². The number of aromatic amines is 1. The smallest absolute Gasteiger partial charge is 0.239 e. The van der Waals surface area contributed by atoms with Crippen molar-refractivity contribution in [3.05, 3.63) is 98.4 Å².